The predicted octanol–water partition coefficient (Wildman–Crippen LogP) is 5.47. The lowest BCUT2D eigenvalue weighted by atomic mass is 10.1. The third kappa shape index (κ3) is 3.72. The van der Waals surface area contributed by atoms with Gasteiger partial charge in [-0.15, -0.1) is 0 Å². The maximum absolute atomic E-state index is 14.2. The molecule has 2 aromatic carbocycles. The molecule has 8 heteroatoms. The normalized spacial score (nSPS) is 11.0. The molecule has 2 aromatic heterocycles. The minimum absolute atomic E-state index is 0.136. The summed E-state index contributed by atoms with van der Waals surface area (Å²) in [5, 5.41) is 0.937. The number of nitrogens with zero attached hydrogens (tertiary/aromatic N) is 3. The zero-order valence-corrected chi connectivity index (χ0v) is 15.8. The molecule has 28 heavy (non-hydrogen) atoms. The molecule has 4 aromatic rings. The second-order valence-corrected chi connectivity index (χ2v) is 7.43. The molecule has 0 saturated heterocycles. The summed E-state index contributed by atoms with van der Waals surface area (Å²) in [6.45, 7) is 0.136. The molecule has 1 amide bonds. The van der Waals surface area contributed by atoms with Gasteiger partial charge in [0, 0.05) is 23.5 Å². The van der Waals surface area contributed by atoms with Crippen LogP contribution in [0.3, 0.4) is 0 Å². The van der Waals surface area contributed by atoms with Crippen LogP contribution in [0.15, 0.2) is 60.9 Å². The average Bonchev–Trinajstić information content (AvgIpc) is 3.09. The number of carbonyl (C=O) groups excluding carboxylic acids is 1. The van der Waals surface area contributed by atoms with E-state index in [-0.39, 0.29) is 12.1 Å². The Morgan fingerprint density at radius 1 is 1.14 bits per heavy atom. The third-order valence-corrected chi connectivity index (χ3v) is 5.32. The summed E-state index contributed by atoms with van der Waals surface area (Å²) < 4.78 is 28.3. The van der Waals surface area contributed by atoms with Crippen molar-refractivity contribution in [3.63, 3.8) is 0 Å². The summed E-state index contributed by atoms with van der Waals surface area (Å²) in [6.07, 6.45) is 3.24. The summed E-state index contributed by atoms with van der Waals surface area (Å²) in [7, 11) is 0. The number of halogens is 3. The Bertz CT molecular complexity index is 1170. The molecular formula is C20H12ClF2N3OS. The molecule has 140 valence electrons. The predicted molar refractivity (Wildman–Crippen MR) is 106 cm³/mol. The lowest BCUT2D eigenvalue weighted by molar-refractivity contribution is 0.0981. The highest BCUT2D eigenvalue weighted by Gasteiger charge is 2.24. The van der Waals surface area contributed by atoms with Crippen LogP contribution < -0.4 is 4.90 Å². The van der Waals surface area contributed by atoms with Crippen LogP contribution in [0.25, 0.3) is 10.2 Å². The van der Waals surface area contributed by atoms with Gasteiger partial charge in [0.25, 0.3) is 5.91 Å². The van der Waals surface area contributed by atoms with E-state index in [1.165, 1.54) is 16.2 Å². The minimum Gasteiger partial charge on any atom is -0.279 e. The molecule has 2 heterocycles. The maximum atomic E-state index is 14.2. The maximum Gasteiger partial charge on any atom is 0.263 e. The van der Waals surface area contributed by atoms with E-state index in [0.717, 1.165) is 22.4 Å². The molecule has 0 aliphatic carbocycles. The van der Waals surface area contributed by atoms with Crippen molar-refractivity contribution in [2.45, 2.75) is 6.54 Å². The van der Waals surface area contributed by atoms with E-state index in [2.05, 4.69) is 9.97 Å². The van der Waals surface area contributed by atoms with E-state index < -0.39 is 17.5 Å². The first-order valence-electron chi connectivity index (χ1n) is 8.23. The van der Waals surface area contributed by atoms with Gasteiger partial charge in [-0.25, -0.2) is 13.8 Å². The minimum atomic E-state index is -0.926. The number of hydrogen-bond acceptors (Lipinski definition) is 4. The largest absolute Gasteiger partial charge is 0.279 e. The Labute approximate surface area is 168 Å². The lowest BCUT2D eigenvalue weighted by Crippen LogP contribution is -2.31. The standard InChI is InChI=1S/C20H12ClF2N3OS/c21-13-3-6-17-18(8-13)28-20(25-17)26(11-12-2-1-7-24-10-12)19(27)15-5-4-14(22)9-16(15)23/h1-10H,11H2. The number of benzene rings is 2. The van der Waals surface area contributed by atoms with Crippen molar-refractivity contribution < 1.29 is 13.6 Å². The Morgan fingerprint density at radius 3 is 2.75 bits per heavy atom. The Morgan fingerprint density at radius 2 is 2.00 bits per heavy atom. The zero-order valence-electron chi connectivity index (χ0n) is 14.3. The summed E-state index contributed by atoms with van der Waals surface area (Å²) in [5.41, 5.74) is 1.19. The number of carbonyl (C=O) groups is 1. The second kappa shape index (κ2) is 7.61. The Hall–Kier alpha value is -2.90. The first kappa shape index (κ1) is 18.5. The highest BCUT2D eigenvalue weighted by Crippen LogP contribution is 2.32. The van der Waals surface area contributed by atoms with Gasteiger partial charge < -0.3 is 0 Å². The summed E-state index contributed by atoms with van der Waals surface area (Å²) in [4.78, 5) is 23.0. The molecule has 0 aliphatic rings. The quantitative estimate of drug-likeness (QED) is 0.444. The van der Waals surface area contributed by atoms with Gasteiger partial charge in [-0.05, 0) is 42.0 Å². The molecule has 4 rings (SSSR count). The van der Waals surface area contributed by atoms with Gasteiger partial charge >= 0.3 is 0 Å². The molecule has 0 N–H and O–H groups in total. The van der Waals surface area contributed by atoms with Crippen molar-refractivity contribution >= 4 is 44.2 Å². The van der Waals surface area contributed by atoms with E-state index in [9.17, 15) is 13.6 Å². The number of amides is 1. The van der Waals surface area contributed by atoms with Crippen molar-refractivity contribution in [2.24, 2.45) is 0 Å². The van der Waals surface area contributed by atoms with Gasteiger partial charge in [0.05, 0.1) is 22.3 Å². The Kier molecular flexibility index (Phi) is 5.02. The molecule has 0 spiro atoms. The van der Waals surface area contributed by atoms with E-state index in [1.54, 1.807) is 42.7 Å². The van der Waals surface area contributed by atoms with Gasteiger partial charge in [0.1, 0.15) is 11.6 Å². The van der Waals surface area contributed by atoms with Gasteiger partial charge in [0.2, 0.25) is 0 Å². The van der Waals surface area contributed by atoms with Crippen molar-refractivity contribution in [2.75, 3.05) is 4.90 Å². The van der Waals surface area contributed by atoms with E-state index in [1.807, 2.05) is 0 Å². The number of thiazole rings is 1. The van der Waals surface area contributed by atoms with Crippen LogP contribution >= 0.6 is 22.9 Å². The van der Waals surface area contributed by atoms with Crippen molar-refractivity contribution in [3.05, 3.63) is 88.7 Å². The molecular weight excluding hydrogens is 404 g/mol. The topological polar surface area (TPSA) is 46.1 Å². The number of hydrogen-bond donors (Lipinski definition) is 0. The fraction of sp³-hybridized carbons (Fsp3) is 0.0500. The third-order valence-electron chi connectivity index (χ3n) is 4.04. The monoisotopic (exact) mass is 415 g/mol. The highest BCUT2D eigenvalue weighted by atomic mass is 35.5. The number of anilines is 1. The summed E-state index contributed by atoms with van der Waals surface area (Å²) in [6, 6.07) is 11.6. The average molecular weight is 416 g/mol. The molecule has 0 saturated carbocycles. The van der Waals surface area contributed by atoms with E-state index in [0.29, 0.717) is 21.7 Å². The number of aromatic nitrogens is 2. The fourth-order valence-corrected chi connectivity index (χ4v) is 3.95. The summed E-state index contributed by atoms with van der Waals surface area (Å²) >= 11 is 7.30. The van der Waals surface area contributed by atoms with Gasteiger partial charge in [0.15, 0.2) is 5.13 Å². The summed E-state index contributed by atoms with van der Waals surface area (Å²) in [5.74, 6) is -2.29. The lowest BCUT2D eigenvalue weighted by Gasteiger charge is -2.20. The van der Waals surface area contributed by atoms with Crippen molar-refractivity contribution in [1.29, 1.82) is 0 Å². The first-order valence-corrected chi connectivity index (χ1v) is 9.42. The van der Waals surface area contributed by atoms with E-state index >= 15 is 0 Å². The molecule has 0 unspecified atom stereocenters. The van der Waals surface area contributed by atoms with Gasteiger partial charge in [-0.2, -0.15) is 0 Å². The van der Waals surface area contributed by atoms with Crippen LogP contribution in [0, 0.1) is 11.6 Å². The molecule has 0 bridgehead atoms. The zero-order chi connectivity index (χ0) is 19.7. The number of pyridine rings is 1. The Balaban J connectivity index is 1.79. The van der Waals surface area contributed by atoms with Crippen LogP contribution in [-0.2, 0) is 6.54 Å². The molecule has 0 atom stereocenters. The fourth-order valence-electron chi connectivity index (χ4n) is 2.71. The van der Waals surface area contributed by atoms with Crippen LogP contribution in [0.5, 0.6) is 0 Å². The van der Waals surface area contributed by atoms with Crippen molar-refractivity contribution in [1.82, 2.24) is 9.97 Å². The second-order valence-electron chi connectivity index (χ2n) is 5.99. The van der Waals surface area contributed by atoms with Crippen molar-refractivity contribution in [3.8, 4) is 0 Å². The molecule has 4 nitrogen and oxygen atoms in total. The number of fused-ring (bicyclic) bond motifs is 1. The molecule has 0 radical (unpaired) electrons. The molecule has 0 fully saturated rings. The SMILES string of the molecule is O=C(c1ccc(F)cc1F)N(Cc1cccnc1)c1nc2ccc(Cl)cc2s1. The van der Waals surface area contributed by atoms with Crippen LogP contribution in [-0.4, -0.2) is 15.9 Å². The molecule has 0 aliphatic heterocycles. The van der Waals surface area contributed by atoms with Gasteiger partial charge in [-0.1, -0.05) is 29.0 Å². The number of rotatable bonds is 4. The van der Waals surface area contributed by atoms with Crippen LogP contribution in [0.2, 0.25) is 5.02 Å². The van der Waals surface area contributed by atoms with Crippen LogP contribution in [0.1, 0.15) is 15.9 Å². The van der Waals surface area contributed by atoms with Crippen LogP contribution in [0.4, 0.5) is 13.9 Å². The first-order chi connectivity index (χ1) is 13.5. The highest BCUT2D eigenvalue weighted by molar-refractivity contribution is 7.22. The smallest absolute Gasteiger partial charge is 0.263 e. The van der Waals surface area contributed by atoms with Gasteiger partial charge in [-0.3, -0.25) is 14.7 Å². The van der Waals surface area contributed by atoms with E-state index in [4.69, 9.17) is 11.6 Å².